The minimum Gasteiger partial charge on any atom is -0.398 e. The second-order valence-electron chi connectivity index (χ2n) is 4.80. The Balaban J connectivity index is 1.92. The first-order valence-electron chi connectivity index (χ1n) is 6.78. The lowest BCUT2D eigenvalue weighted by Crippen LogP contribution is -2.47. The highest BCUT2D eigenvalue weighted by Gasteiger charge is 2.21. The Hall–Kier alpha value is -1.30. The maximum absolute atomic E-state index is 12.1. The Bertz CT molecular complexity index is 461. The van der Waals surface area contributed by atoms with E-state index in [4.69, 9.17) is 22.1 Å². The molecule has 1 heterocycles. The van der Waals surface area contributed by atoms with E-state index < -0.39 is 0 Å². The zero-order valence-electron chi connectivity index (χ0n) is 11.6. The number of carbonyl (C=O) groups is 1. The number of nitrogens with one attached hydrogen (secondary N) is 1. The molecule has 3 N–H and O–H groups in total. The molecule has 1 aliphatic heterocycles. The molecule has 1 aromatic carbocycles. The molecule has 5 nitrogen and oxygen atoms in total. The standard InChI is InChI=1S/C14H20ClN3O2/c1-2-18-6-7-20-10(9-18)8-17-14(19)13-11(15)4-3-5-12(13)16/h3-5,10H,2,6-9,16H2,1H3,(H,17,19). The number of anilines is 1. The lowest BCUT2D eigenvalue weighted by molar-refractivity contribution is -0.0246. The summed E-state index contributed by atoms with van der Waals surface area (Å²) in [6.07, 6.45) is 0.0105. The molecule has 1 amide bonds. The molecule has 0 aromatic heterocycles. The van der Waals surface area contributed by atoms with Crippen LogP contribution < -0.4 is 11.1 Å². The van der Waals surface area contributed by atoms with E-state index in [0.717, 1.165) is 19.6 Å². The quantitative estimate of drug-likeness (QED) is 0.824. The molecule has 110 valence electrons. The van der Waals surface area contributed by atoms with Crippen LogP contribution in [0.1, 0.15) is 17.3 Å². The van der Waals surface area contributed by atoms with E-state index in [9.17, 15) is 4.79 Å². The van der Waals surface area contributed by atoms with Crippen molar-refractivity contribution >= 4 is 23.2 Å². The molecule has 1 saturated heterocycles. The van der Waals surface area contributed by atoms with Gasteiger partial charge in [-0.2, -0.15) is 0 Å². The summed E-state index contributed by atoms with van der Waals surface area (Å²) in [6, 6.07) is 5.04. The maximum Gasteiger partial charge on any atom is 0.254 e. The van der Waals surface area contributed by atoms with E-state index >= 15 is 0 Å². The van der Waals surface area contributed by atoms with E-state index in [-0.39, 0.29) is 12.0 Å². The number of halogens is 1. The molecule has 1 unspecified atom stereocenters. The molecule has 0 aliphatic carbocycles. The van der Waals surface area contributed by atoms with Crippen LogP contribution in [0.5, 0.6) is 0 Å². The normalized spacial score (nSPS) is 19.8. The van der Waals surface area contributed by atoms with Gasteiger partial charge in [0, 0.05) is 25.3 Å². The summed E-state index contributed by atoms with van der Waals surface area (Å²) in [5.41, 5.74) is 6.50. The molecule has 1 fully saturated rings. The van der Waals surface area contributed by atoms with Crippen molar-refractivity contribution in [3.8, 4) is 0 Å². The number of rotatable bonds is 4. The monoisotopic (exact) mass is 297 g/mol. The summed E-state index contributed by atoms with van der Waals surface area (Å²) in [4.78, 5) is 14.4. The Morgan fingerprint density at radius 2 is 2.40 bits per heavy atom. The van der Waals surface area contributed by atoms with Gasteiger partial charge in [0.2, 0.25) is 0 Å². The molecule has 20 heavy (non-hydrogen) atoms. The predicted molar refractivity (Wildman–Crippen MR) is 80.1 cm³/mol. The van der Waals surface area contributed by atoms with Crippen LogP contribution in [0, 0.1) is 0 Å². The Morgan fingerprint density at radius 1 is 1.60 bits per heavy atom. The number of nitrogens with zero attached hydrogens (tertiary/aromatic N) is 1. The van der Waals surface area contributed by atoms with Crippen molar-refractivity contribution in [1.82, 2.24) is 10.2 Å². The third-order valence-corrected chi connectivity index (χ3v) is 3.75. The number of nitrogen functional groups attached to an aromatic ring is 1. The summed E-state index contributed by atoms with van der Waals surface area (Å²) < 4.78 is 5.64. The molecule has 1 aliphatic rings. The van der Waals surface area contributed by atoms with Crippen LogP contribution in [0.15, 0.2) is 18.2 Å². The van der Waals surface area contributed by atoms with Crippen LogP contribution >= 0.6 is 11.6 Å². The summed E-state index contributed by atoms with van der Waals surface area (Å²) in [5.74, 6) is -0.259. The number of morpholine rings is 1. The van der Waals surface area contributed by atoms with E-state index in [1.165, 1.54) is 0 Å². The van der Waals surface area contributed by atoms with Crippen molar-refractivity contribution < 1.29 is 9.53 Å². The number of benzene rings is 1. The minimum atomic E-state index is -0.259. The number of carbonyl (C=O) groups excluding carboxylic acids is 1. The molecule has 1 aromatic rings. The largest absolute Gasteiger partial charge is 0.398 e. The van der Waals surface area contributed by atoms with E-state index in [2.05, 4.69) is 17.1 Å². The van der Waals surface area contributed by atoms with Crippen molar-refractivity contribution in [3.05, 3.63) is 28.8 Å². The first-order chi connectivity index (χ1) is 9.61. The number of ether oxygens (including phenoxy) is 1. The molecular formula is C14H20ClN3O2. The van der Waals surface area contributed by atoms with Gasteiger partial charge in [-0.1, -0.05) is 24.6 Å². The van der Waals surface area contributed by atoms with Gasteiger partial charge in [-0.3, -0.25) is 9.69 Å². The van der Waals surface area contributed by atoms with Gasteiger partial charge in [0.1, 0.15) is 0 Å². The second-order valence-corrected chi connectivity index (χ2v) is 5.21. The smallest absolute Gasteiger partial charge is 0.254 e. The number of likely N-dealkylation sites (N-methyl/N-ethyl adjacent to an activating group) is 1. The average molecular weight is 298 g/mol. The van der Waals surface area contributed by atoms with Gasteiger partial charge in [-0.05, 0) is 18.7 Å². The zero-order valence-corrected chi connectivity index (χ0v) is 12.3. The van der Waals surface area contributed by atoms with Crippen molar-refractivity contribution in [2.24, 2.45) is 0 Å². The van der Waals surface area contributed by atoms with Crippen LogP contribution in [0.3, 0.4) is 0 Å². The Kier molecular flexibility index (Phi) is 5.23. The highest BCUT2D eigenvalue weighted by atomic mass is 35.5. The molecule has 6 heteroatoms. The first kappa shape index (κ1) is 15.1. The maximum atomic E-state index is 12.1. The predicted octanol–water partition coefficient (Wildman–Crippen LogP) is 1.37. The van der Waals surface area contributed by atoms with Crippen LogP contribution in [-0.4, -0.2) is 49.7 Å². The number of hydrogen-bond donors (Lipinski definition) is 2. The zero-order chi connectivity index (χ0) is 14.5. The van der Waals surface area contributed by atoms with Crippen LogP contribution in [0.4, 0.5) is 5.69 Å². The first-order valence-corrected chi connectivity index (χ1v) is 7.15. The lowest BCUT2D eigenvalue weighted by atomic mass is 10.1. The third kappa shape index (κ3) is 3.62. The molecule has 0 saturated carbocycles. The molecule has 0 radical (unpaired) electrons. The molecule has 1 atom stereocenters. The fourth-order valence-electron chi connectivity index (χ4n) is 2.27. The number of nitrogens with two attached hydrogens (primary N) is 1. The van der Waals surface area contributed by atoms with Gasteiger partial charge in [0.05, 0.1) is 23.3 Å². The summed E-state index contributed by atoms with van der Waals surface area (Å²) in [5, 5.41) is 3.20. The third-order valence-electron chi connectivity index (χ3n) is 3.43. The number of hydrogen-bond acceptors (Lipinski definition) is 4. The number of amides is 1. The minimum absolute atomic E-state index is 0.0105. The topological polar surface area (TPSA) is 67.6 Å². The van der Waals surface area contributed by atoms with Gasteiger partial charge in [0.25, 0.3) is 5.91 Å². The fourth-order valence-corrected chi connectivity index (χ4v) is 2.53. The van der Waals surface area contributed by atoms with Gasteiger partial charge < -0.3 is 15.8 Å². The van der Waals surface area contributed by atoms with Crippen LogP contribution in [0.2, 0.25) is 5.02 Å². The van der Waals surface area contributed by atoms with E-state index in [1.54, 1.807) is 18.2 Å². The highest BCUT2D eigenvalue weighted by molar-refractivity contribution is 6.34. The van der Waals surface area contributed by atoms with Gasteiger partial charge in [-0.25, -0.2) is 0 Å². The summed E-state index contributed by atoms with van der Waals surface area (Å²) >= 11 is 6.01. The molecule has 0 spiro atoms. The van der Waals surface area contributed by atoms with Crippen LogP contribution in [-0.2, 0) is 4.74 Å². The van der Waals surface area contributed by atoms with Gasteiger partial charge in [-0.15, -0.1) is 0 Å². The summed E-state index contributed by atoms with van der Waals surface area (Å²) in [6.45, 7) is 6.03. The van der Waals surface area contributed by atoms with Crippen molar-refractivity contribution in [2.75, 3.05) is 38.5 Å². The Morgan fingerprint density at radius 3 is 3.10 bits per heavy atom. The SMILES string of the molecule is CCN1CCOC(CNC(=O)c2c(N)cccc2Cl)C1. The van der Waals surface area contributed by atoms with Gasteiger partial charge >= 0.3 is 0 Å². The second kappa shape index (κ2) is 6.92. The Labute approximate surface area is 124 Å². The average Bonchev–Trinajstić information content (AvgIpc) is 2.45. The molecule has 2 rings (SSSR count). The molecular weight excluding hydrogens is 278 g/mol. The van der Waals surface area contributed by atoms with Crippen molar-refractivity contribution in [2.45, 2.75) is 13.0 Å². The lowest BCUT2D eigenvalue weighted by Gasteiger charge is -2.32. The fraction of sp³-hybridized carbons (Fsp3) is 0.500. The van der Waals surface area contributed by atoms with Crippen molar-refractivity contribution in [1.29, 1.82) is 0 Å². The van der Waals surface area contributed by atoms with E-state index in [0.29, 0.717) is 29.4 Å². The summed E-state index contributed by atoms with van der Waals surface area (Å²) in [7, 11) is 0. The van der Waals surface area contributed by atoms with Crippen molar-refractivity contribution in [3.63, 3.8) is 0 Å². The highest BCUT2D eigenvalue weighted by Crippen LogP contribution is 2.21. The van der Waals surface area contributed by atoms with Gasteiger partial charge in [0.15, 0.2) is 0 Å². The molecule has 0 bridgehead atoms. The van der Waals surface area contributed by atoms with Crippen LogP contribution in [0.25, 0.3) is 0 Å². The van der Waals surface area contributed by atoms with E-state index in [1.807, 2.05) is 0 Å².